The van der Waals surface area contributed by atoms with Crippen LogP contribution < -0.4 is 5.09 Å². The van der Waals surface area contributed by atoms with E-state index in [4.69, 9.17) is 9.79 Å². The van der Waals surface area contributed by atoms with Gasteiger partial charge < -0.3 is 9.79 Å². The predicted molar refractivity (Wildman–Crippen MR) is 62.6 cm³/mol. The van der Waals surface area contributed by atoms with E-state index >= 15 is 0 Å². The quantitative estimate of drug-likeness (QED) is 0.393. The summed E-state index contributed by atoms with van der Waals surface area (Å²) in [5.41, 5.74) is 1.98. The zero-order valence-corrected chi connectivity index (χ0v) is 10.6. The SMILES string of the molecule is CC(C)=CCC/C(C)=C\C(=O)NP(=O)(O)O. The van der Waals surface area contributed by atoms with Crippen molar-refractivity contribution in [3.63, 3.8) is 0 Å². The first kappa shape index (κ1) is 15.1. The van der Waals surface area contributed by atoms with Gasteiger partial charge in [-0.3, -0.25) is 9.88 Å². The van der Waals surface area contributed by atoms with Crippen molar-refractivity contribution in [3.05, 3.63) is 23.3 Å². The van der Waals surface area contributed by atoms with E-state index in [0.29, 0.717) is 6.42 Å². The molecule has 0 heterocycles. The van der Waals surface area contributed by atoms with Gasteiger partial charge in [-0.05, 0) is 33.6 Å². The van der Waals surface area contributed by atoms with Gasteiger partial charge in [0.15, 0.2) is 0 Å². The van der Waals surface area contributed by atoms with Crippen LogP contribution in [0, 0.1) is 0 Å². The van der Waals surface area contributed by atoms with Gasteiger partial charge in [-0.25, -0.2) is 4.57 Å². The Hall–Kier alpha value is -0.900. The van der Waals surface area contributed by atoms with Crippen molar-refractivity contribution in [1.82, 2.24) is 5.09 Å². The smallest absolute Gasteiger partial charge is 0.308 e. The maximum absolute atomic E-state index is 11.1. The topological polar surface area (TPSA) is 86.6 Å². The number of hydrogen-bond donors (Lipinski definition) is 3. The summed E-state index contributed by atoms with van der Waals surface area (Å²) in [5.74, 6) is -0.761. The molecule has 0 bridgehead atoms. The maximum Gasteiger partial charge on any atom is 0.429 e. The molecule has 3 N–H and O–H groups in total. The largest absolute Gasteiger partial charge is 0.429 e. The highest BCUT2D eigenvalue weighted by atomic mass is 31.2. The molecule has 0 saturated heterocycles. The van der Waals surface area contributed by atoms with Gasteiger partial charge in [0.05, 0.1) is 0 Å². The van der Waals surface area contributed by atoms with Crippen LogP contribution in [0.4, 0.5) is 0 Å². The molecule has 0 aliphatic rings. The highest BCUT2D eigenvalue weighted by Crippen LogP contribution is 2.27. The molecule has 16 heavy (non-hydrogen) atoms. The Labute approximate surface area is 95.5 Å². The number of amides is 1. The Bertz CT molecular complexity index is 350. The van der Waals surface area contributed by atoms with Crippen molar-refractivity contribution in [2.75, 3.05) is 0 Å². The molecule has 0 aliphatic heterocycles. The molecular formula is C10H18NO4P. The molecule has 5 nitrogen and oxygen atoms in total. The van der Waals surface area contributed by atoms with Crippen LogP contribution in [0.2, 0.25) is 0 Å². The molecular weight excluding hydrogens is 229 g/mol. The van der Waals surface area contributed by atoms with Crippen LogP contribution >= 0.6 is 7.75 Å². The minimum Gasteiger partial charge on any atom is -0.308 e. The van der Waals surface area contributed by atoms with Gasteiger partial charge in [0.1, 0.15) is 0 Å². The van der Waals surface area contributed by atoms with Gasteiger partial charge in [0.25, 0.3) is 5.91 Å². The first-order valence-corrected chi connectivity index (χ1v) is 6.50. The summed E-state index contributed by atoms with van der Waals surface area (Å²) >= 11 is 0. The number of rotatable bonds is 5. The molecule has 6 heteroatoms. The summed E-state index contributed by atoms with van der Waals surface area (Å²) in [6.45, 7) is 5.72. The van der Waals surface area contributed by atoms with Crippen molar-refractivity contribution in [2.24, 2.45) is 0 Å². The minimum absolute atomic E-state index is 0.694. The van der Waals surface area contributed by atoms with Gasteiger partial charge in [-0.15, -0.1) is 0 Å². The van der Waals surface area contributed by atoms with Gasteiger partial charge in [0.2, 0.25) is 0 Å². The van der Waals surface area contributed by atoms with Crippen LogP contribution in [0.3, 0.4) is 0 Å². The van der Waals surface area contributed by atoms with Gasteiger partial charge in [-0.2, -0.15) is 0 Å². The highest BCUT2D eigenvalue weighted by molar-refractivity contribution is 7.50. The number of carbonyl (C=O) groups is 1. The fraction of sp³-hybridized carbons (Fsp3) is 0.500. The second-order valence-electron chi connectivity index (χ2n) is 3.83. The zero-order chi connectivity index (χ0) is 12.8. The van der Waals surface area contributed by atoms with Crippen molar-refractivity contribution >= 4 is 13.7 Å². The molecule has 0 aliphatic carbocycles. The normalized spacial score (nSPS) is 12.2. The third-order valence-electron chi connectivity index (χ3n) is 1.72. The van der Waals surface area contributed by atoms with Crippen molar-refractivity contribution < 1.29 is 19.1 Å². The number of hydrogen-bond acceptors (Lipinski definition) is 2. The maximum atomic E-state index is 11.1. The van der Waals surface area contributed by atoms with E-state index < -0.39 is 13.7 Å². The molecule has 0 rings (SSSR count). The lowest BCUT2D eigenvalue weighted by atomic mass is 10.1. The monoisotopic (exact) mass is 247 g/mol. The fourth-order valence-corrected chi connectivity index (χ4v) is 1.41. The average Bonchev–Trinajstić information content (AvgIpc) is 1.98. The molecule has 0 aromatic rings. The van der Waals surface area contributed by atoms with Crippen molar-refractivity contribution in [3.8, 4) is 0 Å². The number of allylic oxidation sites excluding steroid dienone is 3. The van der Waals surface area contributed by atoms with Crippen LogP contribution in [-0.4, -0.2) is 15.7 Å². The van der Waals surface area contributed by atoms with Crippen LogP contribution in [0.15, 0.2) is 23.3 Å². The molecule has 0 saturated carbocycles. The molecule has 0 aromatic heterocycles. The lowest BCUT2D eigenvalue weighted by Crippen LogP contribution is -2.17. The van der Waals surface area contributed by atoms with E-state index in [1.54, 1.807) is 12.0 Å². The molecule has 92 valence electrons. The third-order valence-corrected chi connectivity index (χ3v) is 2.24. The van der Waals surface area contributed by atoms with E-state index in [1.807, 2.05) is 19.9 Å². The van der Waals surface area contributed by atoms with Crippen LogP contribution in [-0.2, 0) is 9.36 Å². The van der Waals surface area contributed by atoms with Gasteiger partial charge in [-0.1, -0.05) is 17.2 Å². The summed E-state index contributed by atoms with van der Waals surface area (Å²) < 4.78 is 10.5. The molecule has 0 radical (unpaired) electrons. The Balaban J connectivity index is 4.17. The number of carbonyl (C=O) groups excluding carboxylic acids is 1. The second-order valence-corrected chi connectivity index (χ2v) is 5.14. The summed E-state index contributed by atoms with van der Waals surface area (Å²) in [6, 6.07) is 0. The molecule has 0 fully saturated rings. The van der Waals surface area contributed by atoms with Gasteiger partial charge >= 0.3 is 7.75 Å². The predicted octanol–water partition coefficient (Wildman–Crippen LogP) is 1.89. The lowest BCUT2D eigenvalue weighted by Gasteiger charge is -2.04. The minimum atomic E-state index is -4.48. The van der Waals surface area contributed by atoms with E-state index in [9.17, 15) is 9.36 Å². The van der Waals surface area contributed by atoms with E-state index in [-0.39, 0.29) is 0 Å². The Morgan fingerprint density at radius 2 is 1.88 bits per heavy atom. The molecule has 0 spiro atoms. The van der Waals surface area contributed by atoms with Gasteiger partial charge in [0, 0.05) is 6.08 Å². The van der Waals surface area contributed by atoms with E-state index in [1.165, 1.54) is 11.6 Å². The highest BCUT2D eigenvalue weighted by Gasteiger charge is 2.14. The summed E-state index contributed by atoms with van der Waals surface area (Å²) in [6.07, 6.45) is 4.75. The average molecular weight is 247 g/mol. The summed E-state index contributed by atoms with van der Waals surface area (Å²) in [7, 11) is -4.48. The Morgan fingerprint density at radius 1 is 1.31 bits per heavy atom. The summed E-state index contributed by atoms with van der Waals surface area (Å²) in [5, 5.41) is 1.59. The number of nitrogens with one attached hydrogen (secondary N) is 1. The molecule has 0 atom stereocenters. The van der Waals surface area contributed by atoms with E-state index in [0.717, 1.165) is 12.0 Å². The zero-order valence-electron chi connectivity index (χ0n) is 9.73. The fourth-order valence-electron chi connectivity index (χ4n) is 1.06. The van der Waals surface area contributed by atoms with Crippen LogP contribution in [0.1, 0.15) is 33.6 Å². The molecule has 0 aromatic carbocycles. The van der Waals surface area contributed by atoms with Crippen LogP contribution in [0.5, 0.6) is 0 Å². The van der Waals surface area contributed by atoms with Crippen LogP contribution in [0.25, 0.3) is 0 Å². The summed E-state index contributed by atoms with van der Waals surface area (Å²) in [4.78, 5) is 28.1. The molecule has 0 unspecified atom stereocenters. The third kappa shape index (κ3) is 9.65. The lowest BCUT2D eigenvalue weighted by molar-refractivity contribution is -0.115. The van der Waals surface area contributed by atoms with E-state index in [2.05, 4.69) is 0 Å². The Morgan fingerprint density at radius 3 is 2.31 bits per heavy atom. The standard InChI is InChI=1S/C10H18NO4P/c1-8(2)5-4-6-9(3)7-10(12)11-16(13,14)15/h5,7H,4,6H2,1-3H3,(H3,11,12,13,14,15)/b9-7-. The van der Waals surface area contributed by atoms with Crippen molar-refractivity contribution in [2.45, 2.75) is 33.6 Å². The second kappa shape index (κ2) is 6.63. The van der Waals surface area contributed by atoms with Crippen molar-refractivity contribution in [1.29, 1.82) is 0 Å². The molecule has 1 amide bonds. The first-order chi connectivity index (χ1) is 7.20. The Kier molecular flexibility index (Phi) is 6.26. The first-order valence-electron chi connectivity index (χ1n) is 4.89.